The summed E-state index contributed by atoms with van der Waals surface area (Å²) in [6, 6.07) is 6.31. The predicted octanol–water partition coefficient (Wildman–Crippen LogP) is 2.60. The van der Waals surface area contributed by atoms with Crippen molar-refractivity contribution in [3.05, 3.63) is 29.3 Å². The third kappa shape index (κ3) is 1.63. The fourth-order valence-corrected chi connectivity index (χ4v) is 2.32. The van der Waals surface area contributed by atoms with Crippen molar-refractivity contribution in [1.29, 1.82) is 0 Å². The van der Waals surface area contributed by atoms with E-state index in [1.165, 1.54) is 17.5 Å². The van der Waals surface area contributed by atoms with Crippen LogP contribution in [0.2, 0.25) is 0 Å². The van der Waals surface area contributed by atoms with Crippen molar-refractivity contribution in [2.75, 3.05) is 7.11 Å². The monoisotopic (exact) mass is 205 g/mol. The molecule has 0 amide bonds. The number of benzene rings is 1. The van der Waals surface area contributed by atoms with Crippen LogP contribution in [0, 0.1) is 0 Å². The van der Waals surface area contributed by atoms with Crippen molar-refractivity contribution in [3.8, 4) is 5.75 Å². The van der Waals surface area contributed by atoms with Gasteiger partial charge in [0.05, 0.1) is 7.11 Å². The molecule has 2 rings (SSSR count). The van der Waals surface area contributed by atoms with E-state index in [1.54, 1.807) is 7.11 Å². The SMILES string of the molecule is CCc1cccc(C2(N)CCC2)c1OC. The Balaban J connectivity index is 2.46. The molecule has 2 N–H and O–H groups in total. The van der Waals surface area contributed by atoms with E-state index < -0.39 is 0 Å². The molecule has 2 nitrogen and oxygen atoms in total. The van der Waals surface area contributed by atoms with Gasteiger partial charge >= 0.3 is 0 Å². The van der Waals surface area contributed by atoms with E-state index in [1.807, 2.05) is 0 Å². The zero-order chi connectivity index (χ0) is 10.9. The summed E-state index contributed by atoms with van der Waals surface area (Å²) in [7, 11) is 1.74. The van der Waals surface area contributed by atoms with Crippen molar-refractivity contribution in [2.24, 2.45) is 5.73 Å². The van der Waals surface area contributed by atoms with E-state index in [0.29, 0.717) is 0 Å². The van der Waals surface area contributed by atoms with Crippen molar-refractivity contribution in [3.63, 3.8) is 0 Å². The van der Waals surface area contributed by atoms with Gasteiger partial charge in [-0.15, -0.1) is 0 Å². The first-order valence-electron chi connectivity index (χ1n) is 5.66. The summed E-state index contributed by atoms with van der Waals surface area (Å²) in [4.78, 5) is 0. The van der Waals surface area contributed by atoms with Crippen LogP contribution < -0.4 is 10.5 Å². The molecule has 2 heteroatoms. The van der Waals surface area contributed by atoms with E-state index in [2.05, 4.69) is 25.1 Å². The number of nitrogens with two attached hydrogens (primary N) is 1. The lowest BCUT2D eigenvalue weighted by Gasteiger charge is -2.39. The van der Waals surface area contributed by atoms with Crippen LogP contribution in [0.15, 0.2) is 18.2 Å². The average Bonchev–Trinajstić information content (AvgIpc) is 2.24. The van der Waals surface area contributed by atoms with Gasteiger partial charge in [0, 0.05) is 11.1 Å². The van der Waals surface area contributed by atoms with Crippen molar-refractivity contribution in [2.45, 2.75) is 38.1 Å². The number of para-hydroxylation sites is 1. The van der Waals surface area contributed by atoms with Crippen LogP contribution in [-0.2, 0) is 12.0 Å². The fourth-order valence-electron chi connectivity index (χ4n) is 2.32. The molecule has 1 saturated carbocycles. The van der Waals surface area contributed by atoms with Gasteiger partial charge in [-0.1, -0.05) is 25.1 Å². The Labute approximate surface area is 91.4 Å². The van der Waals surface area contributed by atoms with Gasteiger partial charge in [-0.3, -0.25) is 0 Å². The molecule has 1 aliphatic rings. The van der Waals surface area contributed by atoms with Gasteiger partial charge in [-0.05, 0) is 31.2 Å². The fraction of sp³-hybridized carbons (Fsp3) is 0.538. The average molecular weight is 205 g/mol. The van der Waals surface area contributed by atoms with Gasteiger partial charge in [-0.2, -0.15) is 0 Å². The highest BCUT2D eigenvalue weighted by atomic mass is 16.5. The Kier molecular flexibility index (Phi) is 2.70. The molecule has 0 aromatic heterocycles. The maximum Gasteiger partial charge on any atom is 0.127 e. The third-order valence-electron chi connectivity index (χ3n) is 3.46. The Morgan fingerprint density at radius 1 is 1.40 bits per heavy atom. The van der Waals surface area contributed by atoms with E-state index in [0.717, 1.165) is 25.0 Å². The topological polar surface area (TPSA) is 35.2 Å². The molecule has 0 radical (unpaired) electrons. The molecule has 0 unspecified atom stereocenters. The number of hydrogen-bond donors (Lipinski definition) is 1. The largest absolute Gasteiger partial charge is 0.496 e. The van der Waals surface area contributed by atoms with Crippen molar-refractivity contribution in [1.82, 2.24) is 0 Å². The summed E-state index contributed by atoms with van der Waals surface area (Å²) in [6.45, 7) is 2.14. The van der Waals surface area contributed by atoms with Crippen LogP contribution >= 0.6 is 0 Å². The van der Waals surface area contributed by atoms with Gasteiger partial charge in [0.1, 0.15) is 5.75 Å². The molecule has 1 fully saturated rings. The van der Waals surface area contributed by atoms with Gasteiger partial charge < -0.3 is 10.5 Å². The normalized spacial score (nSPS) is 18.3. The molecule has 0 atom stereocenters. The molecule has 1 aromatic carbocycles. The first-order valence-corrected chi connectivity index (χ1v) is 5.66. The first kappa shape index (κ1) is 10.5. The van der Waals surface area contributed by atoms with E-state index >= 15 is 0 Å². The van der Waals surface area contributed by atoms with Gasteiger partial charge in [0.25, 0.3) is 0 Å². The summed E-state index contributed by atoms with van der Waals surface area (Å²) in [5, 5.41) is 0. The summed E-state index contributed by atoms with van der Waals surface area (Å²) in [6.07, 6.45) is 4.39. The molecular formula is C13H19NO. The second-order valence-electron chi connectivity index (χ2n) is 4.36. The number of rotatable bonds is 3. The Bertz CT molecular complexity index is 356. The number of ether oxygens (including phenoxy) is 1. The van der Waals surface area contributed by atoms with Gasteiger partial charge in [0.2, 0.25) is 0 Å². The molecule has 0 aliphatic heterocycles. The second-order valence-corrected chi connectivity index (χ2v) is 4.36. The molecule has 0 heterocycles. The third-order valence-corrected chi connectivity index (χ3v) is 3.46. The zero-order valence-corrected chi connectivity index (χ0v) is 9.55. The highest BCUT2D eigenvalue weighted by Crippen LogP contribution is 2.43. The second kappa shape index (κ2) is 3.86. The van der Waals surface area contributed by atoms with Crippen molar-refractivity contribution >= 4 is 0 Å². The standard InChI is InChI=1S/C13H19NO/c1-3-10-6-4-7-11(12(10)15-2)13(14)8-5-9-13/h4,6-7H,3,5,8-9,14H2,1-2H3. The molecule has 0 spiro atoms. The molecule has 0 bridgehead atoms. The Hall–Kier alpha value is -1.02. The minimum Gasteiger partial charge on any atom is -0.496 e. The lowest BCUT2D eigenvalue weighted by Crippen LogP contribution is -2.43. The molecule has 15 heavy (non-hydrogen) atoms. The van der Waals surface area contributed by atoms with Crippen LogP contribution in [0.4, 0.5) is 0 Å². The van der Waals surface area contributed by atoms with Crippen LogP contribution in [0.3, 0.4) is 0 Å². The van der Waals surface area contributed by atoms with Crippen LogP contribution in [-0.4, -0.2) is 7.11 Å². The molecule has 0 saturated heterocycles. The summed E-state index contributed by atoms with van der Waals surface area (Å²) >= 11 is 0. The smallest absolute Gasteiger partial charge is 0.127 e. The Morgan fingerprint density at radius 3 is 2.60 bits per heavy atom. The molecule has 1 aliphatic carbocycles. The minimum atomic E-state index is -0.128. The number of methoxy groups -OCH3 is 1. The number of aryl methyl sites for hydroxylation is 1. The van der Waals surface area contributed by atoms with Crippen LogP contribution in [0.25, 0.3) is 0 Å². The maximum atomic E-state index is 6.34. The predicted molar refractivity (Wildman–Crippen MR) is 62.1 cm³/mol. The summed E-state index contributed by atoms with van der Waals surface area (Å²) in [5.74, 6) is 1.00. The summed E-state index contributed by atoms with van der Waals surface area (Å²) < 4.78 is 5.51. The molecular weight excluding hydrogens is 186 g/mol. The molecule has 82 valence electrons. The lowest BCUT2D eigenvalue weighted by atomic mass is 9.72. The zero-order valence-electron chi connectivity index (χ0n) is 9.55. The van der Waals surface area contributed by atoms with E-state index in [9.17, 15) is 0 Å². The lowest BCUT2D eigenvalue weighted by molar-refractivity contribution is 0.243. The number of hydrogen-bond acceptors (Lipinski definition) is 2. The van der Waals surface area contributed by atoms with Crippen LogP contribution in [0.1, 0.15) is 37.3 Å². The van der Waals surface area contributed by atoms with E-state index in [-0.39, 0.29) is 5.54 Å². The highest BCUT2D eigenvalue weighted by Gasteiger charge is 2.37. The minimum absolute atomic E-state index is 0.128. The van der Waals surface area contributed by atoms with Gasteiger partial charge in [-0.25, -0.2) is 0 Å². The van der Waals surface area contributed by atoms with Crippen molar-refractivity contribution < 1.29 is 4.74 Å². The molecule has 1 aromatic rings. The Morgan fingerprint density at radius 2 is 2.13 bits per heavy atom. The maximum absolute atomic E-state index is 6.34. The summed E-state index contributed by atoms with van der Waals surface area (Å²) in [5.41, 5.74) is 8.66. The van der Waals surface area contributed by atoms with Crippen LogP contribution in [0.5, 0.6) is 5.75 Å². The highest BCUT2D eigenvalue weighted by molar-refractivity contribution is 5.46. The van der Waals surface area contributed by atoms with Gasteiger partial charge in [0.15, 0.2) is 0 Å². The van der Waals surface area contributed by atoms with E-state index in [4.69, 9.17) is 10.5 Å². The first-order chi connectivity index (χ1) is 7.21. The quantitative estimate of drug-likeness (QED) is 0.823.